The Labute approximate surface area is 123 Å². The van der Waals surface area contributed by atoms with E-state index in [1.165, 1.54) is 32.4 Å². The van der Waals surface area contributed by atoms with Gasteiger partial charge in [0.25, 0.3) is 0 Å². The molecule has 112 valence electrons. The minimum atomic E-state index is -0.231. The third-order valence-electron chi connectivity index (χ3n) is 5.54. The van der Waals surface area contributed by atoms with E-state index in [1.54, 1.807) is 0 Å². The normalized spacial score (nSPS) is 42.2. The van der Waals surface area contributed by atoms with Crippen molar-refractivity contribution in [1.82, 2.24) is 15.1 Å². The third-order valence-corrected chi connectivity index (χ3v) is 5.54. The van der Waals surface area contributed by atoms with Gasteiger partial charge >= 0.3 is 0 Å². The molecular weight excluding hydrogens is 248 g/mol. The summed E-state index contributed by atoms with van der Waals surface area (Å²) in [7, 11) is 4.38. The first kappa shape index (κ1) is 14.3. The summed E-state index contributed by atoms with van der Waals surface area (Å²) in [6.07, 6.45) is 5.75. The van der Waals surface area contributed by atoms with Crippen molar-refractivity contribution in [3.05, 3.63) is 0 Å². The number of hydrogen-bond acceptors (Lipinski definition) is 4. The standard InChI is InChI=1S/C16H28N4/c1-12-9-20(10-15(12)19(2)3)14-6-7-16(8-14,11-17)18-13-4-5-13/h12-15,18H,4-10H2,1-3H3. The molecule has 0 aromatic heterocycles. The van der Waals surface area contributed by atoms with Crippen LogP contribution in [0.1, 0.15) is 39.0 Å². The smallest absolute Gasteiger partial charge is 0.108 e. The van der Waals surface area contributed by atoms with Crippen molar-refractivity contribution in [2.24, 2.45) is 5.92 Å². The number of nitrogens with zero attached hydrogens (tertiary/aromatic N) is 3. The molecule has 4 heteroatoms. The molecule has 4 atom stereocenters. The van der Waals surface area contributed by atoms with Crippen molar-refractivity contribution < 1.29 is 0 Å². The lowest BCUT2D eigenvalue weighted by molar-refractivity contribution is 0.210. The average Bonchev–Trinajstić information content (AvgIpc) is 2.97. The fourth-order valence-corrected chi connectivity index (χ4v) is 4.17. The quantitative estimate of drug-likeness (QED) is 0.843. The number of nitriles is 1. The molecule has 3 fully saturated rings. The maximum atomic E-state index is 9.61. The van der Waals surface area contributed by atoms with Crippen molar-refractivity contribution in [2.45, 2.75) is 62.7 Å². The van der Waals surface area contributed by atoms with Crippen LogP contribution in [0.15, 0.2) is 0 Å². The molecule has 2 saturated carbocycles. The van der Waals surface area contributed by atoms with E-state index in [9.17, 15) is 5.26 Å². The van der Waals surface area contributed by atoms with Gasteiger partial charge in [0.1, 0.15) is 5.54 Å². The average molecular weight is 276 g/mol. The van der Waals surface area contributed by atoms with E-state index in [0.29, 0.717) is 18.1 Å². The fraction of sp³-hybridized carbons (Fsp3) is 0.938. The molecule has 1 heterocycles. The molecule has 3 aliphatic rings. The minimum Gasteiger partial charge on any atom is -0.305 e. The highest BCUT2D eigenvalue weighted by Gasteiger charge is 2.46. The Morgan fingerprint density at radius 1 is 1.25 bits per heavy atom. The summed E-state index contributed by atoms with van der Waals surface area (Å²) < 4.78 is 0. The molecule has 0 spiro atoms. The van der Waals surface area contributed by atoms with Gasteiger partial charge in [0.05, 0.1) is 6.07 Å². The number of hydrogen-bond donors (Lipinski definition) is 1. The third kappa shape index (κ3) is 2.72. The predicted octanol–water partition coefficient (Wildman–Crippen LogP) is 1.44. The SMILES string of the molecule is CC1CN(C2CCC(C#N)(NC3CC3)C2)CC1N(C)C. The van der Waals surface area contributed by atoms with Crippen molar-refractivity contribution in [1.29, 1.82) is 5.26 Å². The minimum absolute atomic E-state index is 0.231. The lowest BCUT2D eigenvalue weighted by atomic mass is 9.99. The number of likely N-dealkylation sites (N-methyl/N-ethyl adjacent to an activating group) is 1. The lowest BCUT2D eigenvalue weighted by Crippen LogP contribution is -2.45. The highest BCUT2D eigenvalue weighted by atomic mass is 15.3. The van der Waals surface area contributed by atoms with Crippen molar-refractivity contribution >= 4 is 0 Å². The van der Waals surface area contributed by atoms with Crippen LogP contribution in [0.2, 0.25) is 0 Å². The molecular formula is C16H28N4. The Morgan fingerprint density at radius 2 is 2.00 bits per heavy atom. The Morgan fingerprint density at radius 3 is 2.55 bits per heavy atom. The van der Waals surface area contributed by atoms with Crippen LogP contribution in [-0.4, -0.2) is 60.6 Å². The van der Waals surface area contributed by atoms with Crippen LogP contribution in [0.25, 0.3) is 0 Å². The first-order valence-electron chi connectivity index (χ1n) is 8.12. The summed E-state index contributed by atoms with van der Waals surface area (Å²) >= 11 is 0. The van der Waals surface area contributed by atoms with E-state index < -0.39 is 0 Å². The van der Waals surface area contributed by atoms with Gasteiger partial charge in [-0.1, -0.05) is 6.92 Å². The first-order chi connectivity index (χ1) is 9.53. The van der Waals surface area contributed by atoms with Crippen molar-refractivity contribution in [2.75, 3.05) is 27.2 Å². The molecule has 4 unspecified atom stereocenters. The second-order valence-electron chi connectivity index (χ2n) is 7.47. The monoisotopic (exact) mass is 276 g/mol. The number of rotatable bonds is 4. The summed E-state index contributed by atoms with van der Waals surface area (Å²) in [6, 6.07) is 4.50. The van der Waals surface area contributed by atoms with Crippen molar-refractivity contribution in [3.8, 4) is 6.07 Å². The second-order valence-corrected chi connectivity index (χ2v) is 7.47. The van der Waals surface area contributed by atoms with Gasteiger partial charge in [-0.15, -0.1) is 0 Å². The summed E-state index contributed by atoms with van der Waals surface area (Å²) in [5.41, 5.74) is -0.231. The van der Waals surface area contributed by atoms with Gasteiger partial charge in [-0.3, -0.25) is 10.2 Å². The van der Waals surface area contributed by atoms with Crippen LogP contribution in [0.4, 0.5) is 0 Å². The molecule has 1 saturated heterocycles. The summed E-state index contributed by atoms with van der Waals surface area (Å²) in [6.45, 7) is 4.72. The molecule has 3 rings (SSSR count). The Hall–Kier alpha value is -0.630. The topological polar surface area (TPSA) is 42.3 Å². The molecule has 0 aromatic rings. The van der Waals surface area contributed by atoms with Crippen LogP contribution in [0.3, 0.4) is 0 Å². The van der Waals surface area contributed by atoms with Crippen LogP contribution < -0.4 is 5.32 Å². The lowest BCUT2D eigenvalue weighted by Gasteiger charge is -2.27. The van der Waals surface area contributed by atoms with Crippen LogP contribution in [0.5, 0.6) is 0 Å². The summed E-state index contributed by atoms with van der Waals surface area (Å²) in [5, 5.41) is 13.2. The molecule has 20 heavy (non-hydrogen) atoms. The van der Waals surface area contributed by atoms with E-state index in [1.807, 2.05) is 0 Å². The molecule has 0 amide bonds. The van der Waals surface area contributed by atoms with E-state index >= 15 is 0 Å². The fourth-order valence-electron chi connectivity index (χ4n) is 4.17. The van der Waals surface area contributed by atoms with E-state index in [2.05, 4.69) is 42.2 Å². The Bertz CT molecular complexity index is 398. The van der Waals surface area contributed by atoms with Gasteiger partial charge in [0.15, 0.2) is 0 Å². The molecule has 0 bridgehead atoms. The molecule has 1 N–H and O–H groups in total. The van der Waals surface area contributed by atoms with Gasteiger partial charge in [-0.05, 0) is 52.1 Å². The number of nitrogens with one attached hydrogen (secondary N) is 1. The molecule has 2 aliphatic carbocycles. The number of likely N-dealkylation sites (tertiary alicyclic amines) is 1. The zero-order chi connectivity index (χ0) is 14.3. The summed E-state index contributed by atoms with van der Waals surface area (Å²) in [4.78, 5) is 5.00. The van der Waals surface area contributed by atoms with Crippen LogP contribution in [-0.2, 0) is 0 Å². The maximum absolute atomic E-state index is 9.61. The van der Waals surface area contributed by atoms with Gasteiger partial charge < -0.3 is 4.90 Å². The largest absolute Gasteiger partial charge is 0.305 e. The van der Waals surface area contributed by atoms with Crippen molar-refractivity contribution in [3.63, 3.8) is 0 Å². The van der Waals surface area contributed by atoms with E-state index in [0.717, 1.165) is 18.8 Å². The Kier molecular flexibility index (Phi) is 3.79. The van der Waals surface area contributed by atoms with Crippen LogP contribution >= 0.6 is 0 Å². The van der Waals surface area contributed by atoms with E-state index in [4.69, 9.17) is 0 Å². The summed E-state index contributed by atoms with van der Waals surface area (Å²) in [5.74, 6) is 0.735. The molecule has 4 nitrogen and oxygen atoms in total. The van der Waals surface area contributed by atoms with Gasteiger partial charge in [-0.25, -0.2) is 0 Å². The zero-order valence-corrected chi connectivity index (χ0v) is 13.1. The molecule has 0 radical (unpaired) electrons. The highest BCUT2D eigenvalue weighted by Crippen LogP contribution is 2.38. The van der Waals surface area contributed by atoms with E-state index in [-0.39, 0.29) is 5.54 Å². The van der Waals surface area contributed by atoms with Gasteiger partial charge in [0, 0.05) is 31.2 Å². The molecule has 0 aromatic carbocycles. The van der Waals surface area contributed by atoms with Crippen LogP contribution in [0, 0.1) is 17.2 Å². The van der Waals surface area contributed by atoms with Gasteiger partial charge in [-0.2, -0.15) is 5.26 Å². The van der Waals surface area contributed by atoms with Gasteiger partial charge in [0.2, 0.25) is 0 Å². The highest BCUT2D eigenvalue weighted by molar-refractivity contribution is 5.16. The first-order valence-corrected chi connectivity index (χ1v) is 8.12. The zero-order valence-electron chi connectivity index (χ0n) is 13.1. The maximum Gasteiger partial charge on any atom is 0.108 e. The second kappa shape index (κ2) is 5.29. The Balaban J connectivity index is 1.61. The molecule has 1 aliphatic heterocycles. The predicted molar refractivity (Wildman–Crippen MR) is 80.4 cm³/mol.